The van der Waals surface area contributed by atoms with Crippen LogP contribution in [-0.2, 0) is 11.3 Å². The number of likely N-dealkylation sites (N-methyl/N-ethyl adjacent to an activating group) is 1. The van der Waals surface area contributed by atoms with Crippen molar-refractivity contribution in [1.29, 1.82) is 0 Å². The minimum Gasteiger partial charge on any atom is -0.383 e. The van der Waals surface area contributed by atoms with Crippen LogP contribution in [0.25, 0.3) is 0 Å². The van der Waals surface area contributed by atoms with Gasteiger partial charge in [0.2, 0.25) is 0 Å². The van der Waals surface area contributed by atoms with E-state index in [2.05, 4.69) is 5.32 Å². The van der Waals surface area contributed by atoms with Crippen LogP contribution in [0, 0.1) is 11.6 Å². The van der Waals surface area contributed by atoms with Crippen molar-refractivity contribution in [2.24, 2.45) is 0 Å². The van der Waals surface area contributed by atoms with Crippen LogP contribution in [0.1, 0.15) is 19.4 Å². The van der Waals surface area contributed by atoms with E-state index in [-0.39, 0.29) is 11.7 Å². The average Bonchev–Trinajstić information content (AvgIpc) is 2.33. The molecular weight excluding hydrogens is 250 g/mol. The standard InChI is InChI=1S/C14H22F2N2O/c1-10(2)17-9-11-7-12(15)14(13(16)8-11)18(3)5-6-19-4/h7-8,10,17H,5-6,9H2,1-4H3. The van der Waals surface area contributed by atoms with Gasteiger partial charge in [0.1, 0.15) is 17.3 Å². The molecule has 0 aliphatic heterocycles. The Balaban J connectivity index is 2.84. The van der Waals surface area contributed by atoms with Crippen LogP contribution in [-0.4, -0.2) is 33.4 Å². The van der Waals surface area contributed by atoms with Crippen LogP contribution in [0.5, 0.6) is 0 Å². The summed E-state index contributed by atoms with van der Waals surface area (Å²) in [6.45, 7) is 5.28. The maximum atomic E-state index is 14.0. The van der Waals surface area contributed by atoms with Crippen molar-refractivity contribution in [2.75, 3.05) is 32.2 Å². The number of hydrogen-bond donors (Lipinski definition) is 1. The van der Waals surface area contributed by atoms with E-state index in [0.717, 1.165) is 0 Å². The van der Waals surface area contributed by atoms with Gasteiger partial charge in [0, 0.05) is 33.3 Å². The van der Waals surface area contributed by atoms with E-state index < -0.39 is 11.6 Å². The van der Waals surface area contributed by atoms with Gasteiger partial charge < -0.3 is 15.0 Å². The Bertz CT molecular complexity index is 387. The first-order chi connectivity index (χ1) is 8.95. The Morgan fingerprint density at radius 1 is 1.26 bits per heavy atom. The Morgan fingerprint density at radius 3 is 2.32 bits per heavy atom. The fourth-order valence-electron chi connectivity index (χ4n) is 1.75. The molecule has 0 aliphatic carbocycles. The highest BCUT2D eigenvalue weighted by Gasteiger charge is 2.15. The molecule has 0 radical (unpaired) electrons. The molecule has 19 heavy (non-hydrogen) atoms. The van der Waals surface area contributed by atoms with Crippen molar-refractivity contribution in [3.63, 3.8) is 0 Å². The third-order valence-electron chi connectivity index (χ3n) is 2.80. The number of nitrogens with one attached hydrogen (secondary N) is 1. The molecule has 0 saturated carbocycles. The topological polar surface area (TPSA) is 24.5 Å². The van der Waals surface area contributed by atoms with Crippen LogP contribution < -0.4 is 10.2 Å². The summed E-state index contributed by atoms with van der Waals surface area (Å²) < 4.78 is 32.8. The number of nitrogens with zero attached hydrogens (tertiary/aromatic N) is 1. The molecule has 0 bridgehead atoms. The largest absolute Gasteiger partial charge is 0.383 e. The van der Waals surface area contributed by atoms with Crippen LogP contribution >= 0.6 is 0 Å². The van der Waals surface area contributed by atoms with Gasteiger partial charge in [-0.25, -0.2) is 8.78 Å². The molecular formula is C14H22F2N2O. The number of halogens is 2. The summed E-state index contributed by atoms with van der Waals surface area (Å²) in [7, 11) is 3.20. The molecule has 0 fully saturated rings. The van der Waals surface area contributed by atoms with Gasteiger partial charge in [-0.15, -0.1) is 0 Å². The molecule has 0 saturated heterocycles. The summed E-state index contributed by atoms with van der Waals surface area (Å²) >= 11 is 0. The van der Waals surface area contributed by atoms with Crippen molar-refractivity contribution in [2.45, 2.75) is 26.4 Å². The van der Waals surface area contributed by atoms with E-state index in [1.54, 1.807) is 14.2 Å². The van der Waals surface area contributed by atoms with Gasteiger partial charge >= 0.3 is 0 Å². The second-order valence-corrected chi connectivity index (χ2v) is 4.86. The third-order valence-corrected chi connectivity index (χ3v) is 2.80. The van der Waals surface area contributed by atoms with Crippen molar-refractivity contribution in [1.82, 2.24) is 5.32 Å². The van der Waals surface area contributed by atoms with Crippen molar-refractivity contribution in [3.05, 3.63) is 29.3 Å². The number of anilines is 1. The van der Waals surface area contributed by atoms with Gasteiger partial charge in [0.15, 0.2) is 0 Å². The lowest BCUT2D eigenvalue weighted by atomic mass is 10.1. The quantitative estimate of drug-likeness (QED) is 0.825. The van der Waals surface area contributed by atoms with Crippen LogP contribution in [0.15, 0.2) is 12.1 Å². The van der Waals surface area contributed by atoms with Crippen LogP contribution in [0.3, 0.4) is 0 Å². The number of ether oxygens (including phenoxy) is 1. The van der Waals surface area contributed by atoms with Gasteiger partial charge in [0.25, 0.3) is 0 Å². The Morgan fingerprint density at radius 2 is 1.84 bits per heavy atom. The van der Waals surface area contributed by atoms with Crippen LogP contribution in [0.4, 0.5) is 14.5 Å². The van der Waals surface area contributed by atoms with Crippen molar-refractivity contribution >= 4 is 5.69 Å². The van der Waals surface area contributed by atoms with Crippen molar-refractivity contribution in [3.8, 4) is 0 Å². The zero-order chi connectivity index (χ0) is 14.4. The van der Waals surface area contributed by atoms with Crippen LogP contribution in [0.2, 0.25) is 0 Å². The van der Waals surface area contributed by atoms with Gasteiger partial charge in [-0.2, -0.15) is 0 Å². The highest BCUT2D eigenvalue weighted by molar-refractivity contribution is 5.50. The highest BCUT2D eigenvalue weighted by Crippen LogP contribution is 2.24. The molecule has 0 aromatic heterocycles. The minimum atomic E-state index is -0.542. The molecule has 0 atom stereocenters. The second kappa shape index (κ2) is 7.40. The molecule has 1 N–H and O–H groups in total. The number of benzene rings is 1. The predicted molar refractivity (Wildman–Crippen MR) is 73.5 cm³/mol. The summed E-state index contributed by atoms with van der Waals surface area (Å²) in [5.74, 6) is -1.08. The molecule has 0 amide bonds. The zero-order valence-corrected chi connectivity index (χ0v) is 12.0. The summed E-state index contributed by atoms with van der Waals surface area (Å²) in [5.41, 5.74) is 0.595. The lowest BCUT2D eigenvalue weighted by molar-refractivity contribution is 0.206. The van der Waals surface area contributed by atoms with Gasteiger partial charge in [-0.3, -0.25) is 0 Å². The maximum Gasteiger partial charge on any atom is 0.149 e. The van der Waals surface area contributed by atoms with Gasteiger partial charge in [-0.1, -0.05) is 13.8 Å². The minimum absolute atomic E-state index is 0.00894. The molecule has 0 aliphatic rings. The zero-order valence-electron chi connectivity index (χ0n) is 12.0. The van der Waals surface area contributed by atoms with E-state index in [1.807, 2.05) is 13.8 Å². The molecule has 0 unspecified atom stereocenters. The van der Waals surface area contributed by atoms with Gasteiger partial charge in [0.05, 0.1) is 6.61 Å². The summed E-state index contributed by atoms with van der Waals surface area (Å²) in [6.07, 6.45) is 0. The monoisotopic (exact) mass is 272 g/mol. The molecule has 108 valence electrons. The lowest BCUT2D eigenvalue weighted by Crippen LogP contribution is -2.25. The van der Waals surface area contributed by atoms with E-state index >= 15 is 0 Å². The fraction of sp³-hybridized carbons (Fsp3) is 0.571. The average molecular weight is 272 g/mol. The first kappa shape index (κ1) is 15.9. The smallest absolute Gasteiger partial charge is 0.149 e. The summed E-state index contributed by atoms with van der Waals surface area (Å²) in [6, 6.07) is 3.02. The Hall–Kier alpha value is -1.20. The third kappa shape index (κ3) is 4.76. The Kier molecular flexibility index (Phi) is 6.18. The molecule has 1 rings (SSSR count). The van der Waals surface area contributed by atoms with E-state index in [9.17, 15) is 8.78 Å². The molecule has 1 aromatic carbocycles. The highest BCUT2D eigenvalue weighted by atomic mass is 19.1. The normalized spacial score (nSPS) is 11.1. The first-order valence-electron chi connectivity index (χ1n) is 6.37. The van der Waals surface area contributed by atoms with E-state index in [4.69, 9.17) is 4.74 Å². The SMILES string of the molecule is COCCN(C)c1c(F)cc(CNC(C)C)cc1F. The van der Waals surface area contributed by atoms with E-state index in [1.165, 1.54) is 17.0 Å². The maximum absolute atomic E-state index is 14.0. The summed E-state index contributed by atoms with van der Waals surface area (Å²) in [4.78, 5) is 1.52. The lowest BCUT2D eigenvalue weighted by Gasteiger charge is -2.21. The predicted octanol–water partition coefficient (Wildman–Crippen LogP) is 2.55. The molecule has 1 aromatic rings. The van der Waals surface area contributed by atoms with Crippen molar-refractivity contribution < 1.29 is 13.5 Å². The second-order valence-electron chi connectivity index (χ2n) is 4.86. The first-order valence-corrected chi connectivity index (χ1v) is 6.37. The molecule has 5 heteroatoms. The molecule has 3 nitrogen and oxygen atoms in total. The number of hydrogen-bond acceptors (Lipinski definition) is 3. The number of methoxy groups -OCH3 is 1. The van der Waals surface area contributed by atoms with Gasteiger partial charge in [-0.05, 0) is 17.7 Å². The Labute approximate surface area is 113 Å². The van der Waals surface area contributed by atoms with E-state index in [0.29, 0.717) is 25.3 Å². The molecule has 0 heterocycles. The number of rotatable bonds is 7. The summed E-state index contributed by atoms with van der Waals surface area (Å²) in [5, 5.41) is 3.13. The molecule has 0 spiro atoms. The fourth-order valence-corrected chi connectivity index (χ4v) is 1.75.